The summed E-state index contributed by atoms with van der Waals surface area (Å²) in [6, 6.07) is 14.0. The van der Waals surface area contributed by atoms with Gasteiger partial charge in [-0.25, -0.2) is 13.4 Å². The number of fused-ring (bicyclic) bond motifs is 1. The van der Waals surface area contributed by atoms with Crippen molar-refractivity contribution in [3.8, 4) is 0 Å². The number of likely N-dealkylation sites (tertiary alicyclic amines) is 1. The molecule has 2 aliphatic heterocycles. The zero-order valence-corrected chi connectivity index (χ0v) is 23.6. The molecule has 0 spiro atoms. The average Bonchev–Trinajstić information content (AvgIpc) is 3.64. The summed E-state index contributed by atoms with van der Waals surface area (Å²) in [4.78, 5) is 11.9. The van der Waals surface area contributed by atoms with Gasteiger partial charge in [-0.2, -0.15) is 9.29 Å². The molecule has 0 bridgehead atoms. The summed E-state index contributed by atoms with van der Waals surface area (Å²) in [6.07, 6.45) is 10.6. The van der Waals surface area contributed by atoms with E-state index in [1.165, 1.54) is 49.9 Å². The molecule has 0 radical (unpaired) electrons. The van der Waals surface area contributed by atoms with E-state index in [9.17, 15) is 8.42 Å². The van der Waals surface area contributed by atoms with Gasteiger partial charge in [-0.1, -0.05) is 23.7 Å². The van der Waals surface area contributed by atoms with Gasteiger partial charge in [-0.15, -0.1) is 0 Å². The zero-order chi connectivity index (χ0) is 26.8. The van der Waals surface area contributed by atoms with Gasteiger partial charge in [0.2, 0.25) is 16.0 Å². The normalized spacial score (nSPS) is 20.5. The van der Waals surface area contributed by atoms with Crippen LogP contribution in [-0.2, 0) is 22.9 Å². The lowest BCUT2D eigenvalue weighted by Gasteiger charge is -2.25. The SMILES string of the molecule is O=S(=O)(c1cccc(Nc2nc(Nc3ccc4c(c3)CCC(N3CCCC3)CC4)ncc2Cl)c1)N1CCCC1. The molecule has 39 heavy (non-hydrogen) atoms. The number of rotatable bonds is 7. The second-order valence-electron chi connectivity index (χ2n) is 10.7. The molecule has 2 saturated heterocycles. The molecule has 2 fully saturated rings. The van der Waals surface area contributed by atoms with E-state index in [1.54, 1.807) is 34.8 Å². The van der Waals surface area contributed by atoms with Crippen LogP contribution in [0.4, 0.5) is 23.1 Å². The second kappa shape index (κ2) is 11.4. The van der Waals surface area contributed by atoms with Crippen molar-refractivity contribution in [2.24, 2.45) is 0 Å². The van der Waals surface area contributed by atoms with Gasteiger partial charge in [-0.05, 0) is 106 Å². The Bertz CT molecular complexity index is 1440. The topological polar surface area (TPSA) is 90.5 Å². The molecule has 0 saturated carbocycles. The van der Waals surface area contributed by atoms with Crippen LogP contribution in [0.2, 0.25) is 5.02 Å². The number of sulfonamides is 1. The molecular formula is C29H35ClN6O2S. The first-order valence-corrected chi connectivity index (χ1v) is 15.8. The lowest BCUT2D eigenvalue weighted by atomic mass is 10.0. The van der Waals surface area contributed by atoms with Crippen LogP contribution in [0.25, 0.3) is 0 Å². The number of aromatic nitrogens is 2. The average molecular weight is 567 g/mol. The molecule has 2 aromatic carbocycles. The minimum absolute atomic E-state index is 0.259. The number of hydrogen-bond acceptors (Lipinski definition) is 7. The minimum atomic E-state index is -3.52. The highest BCUT2D eigenvalue weighted by Crippen LogP contribution is 2.30. The van der Waals surface area contributed by atoms with Crippen LogP contribution in [0.5, 0.6) is 0 Å². The summed E-state index contributed by atoms with van der Waals surface area (Å²) in [5.41, 5.74) is 4.37. The fourth-order valence-electron chi connectivity index (χ4n) is 6.03. The fraction of sp³-hybridized carbons (Fsp3) is 0.448. The third-order valence-corrected chi connectivity index (χ3v) is 10.3. The van der Waals surface area contributed by atoms with E-state index >= 15 is 0 Å². The van der Waals surface area contributed by atoms with Gasteiger partial charge in [0.15, 0.2) is 5.82 Å². The molecular weight excluding hydrogens is 532 g/mol. The predicted molar refractivity (Wildman–Crippen MR) is 156 cm³/mol. The molecule has 6 rings (SSSR count). The van der Waals surface area contributed by atoms with Gasteiger partial charge in [0.05, 0.1) is 11.1 Å². The Hall–Kier alpha value is -2.72. The molecule has 10 heteroatoms. The summed E-state index contributed by atoms with van der Waals surface area (Å²) >= 11 is 6.42. The third-order valence-electron chi connectivity index (χ3n) is 8.16. The fourth-order valence-corrected chi connectivity index (χ4v) is 7.74. The number of nitrogens with one attached hydrogen (secondary N) is 2. The van der Waals surface area contributed by atoms with Gasteiger partial charge >= 0.3 is 0 Å². The maximum atomic E-state index is 13.0. The van der Waals surface area contributed by atoms with Gasteiger partial charge in [0.1, 0.15) is 5.02 Å². The van der Waals surface area contributed by atoms with Crippen molar-refractivity contribution in [3.05, 3.63) is 64.8 Å². The standard InChI is InChI=1S/C29H35ClN6O2S/c30-27-20-31-29(33-24-11-8-21-9-12-25(13-10-22(21)18-24)35-14-1-2-15-35)34-28(27)32-23-6-5-7-26(19-23)39(37,38)36-16-3-4-17-36/h5-8,11,18-20,25H,1-4,9-10,12-17H2,(H2,31,32,33,34). The highest BCUT2D eigenvalue weighted by atomic mass is 35.5. The van der Waals surface area contributed by atoms with Crippen molar-refractivity contribution in [1.82, 2.24) is 19.2 Å². The van der Waals surface area contributed by atoms with Crippen LogP contribution >= 0.6 is 11.6 Å². The first kappa shape index (κ1) is 26.5. The highest BCUT2D eigenvalue weighted by Gasteiger charge is 2.27. The predicted octanol–water partition coefficient (Wildman–Crippen LogP) is 5.74. The zero-order valence-electron chi connectivity index (χ0n) is 22.1. The Kier molecular flexibility index (Phi) is 7.75. The van der Waals surface area contributed by atoms with Crippen molar-refractivity contribution in [3.63, 3.8) is 0 Å². The van der Waals surface area contributed by atoms with Crippen LogP contribution in [0.1, 0.15) is 49.7 Å². The van der Waals surface area contributed by atoms with E-state index in [-0.39, 0.29) is 4.90 Å². The summed E-state index contributed by atoms with van der Waals surface area (Å²) in [6.45, 7) is 3.62. The molecule has 0 amide bonds. The van der Waals surface area contributed by atoms with Crippen molar-refractivity contribution >= 4 is 44.8 Å². The van der Waals surface area contributed by atoms with Gasteiger partial charge in [0.25, 0.3) is 0 Å². The van der Waals surface area contributed by atoms with Crippen LogP contribution < -0.4 is 10.6 Å². The van der Waals surface area contributed by atoms with E-state index in [4.69, 9.17) is 11.6 Å². The molecule has 206 valence electrons. The monoisotopic (exact) mass is 566 g/mol. The molecule has 8 nitrogen and oxygen atoms in total. The first-order valence-electron chi connectivity index (χ1n) is 14.0. The Balaban J connectivity index is 1.16. The summed E-state index contributed by atoms with van der Waals surface area (Å²) < 4.78 is 27.6. The third kappa shape index (κ3) is 5.91. The molecule has 3 heterocycles. The quantitative estimate of drug-likeness (QED) is 0.352. The lowest BCUT2D eigenvalue weighted by Crippen LogP contribution is -2.32. The maximum absolute atomic E-state index is 13.0. The number of nitrogens with zero attached hydrogens (tertiary/aromatic N) is 4. The number of anilines is 4. The van der Waals surface area contributed by atoms with E-state index < -0.39 is 10.0 Å². The maximum Gasteiger partial charge on any atom is 0.243 e. The summed E-state index contributed by atoms with van der Waals surface area (Å²) in [7, 11) is -3.52. The molecule has 1 unspecified atom stereocenters. The molecule has 1 aromatic heterocycles. The van der Waals surface area contributed by atoms with Crippen LogP contribution in [0.3, 0.4) is 0 Å². The van der Waals surface area contributed by atoms with Gasteiger partial charge in [-0.3, -0.25) is 0 Å². The lowest BCUT2D eigenvalue weighted by molar-refractivity contribution is 0.222. The molecule has 1 aliphatic carbocycles. The highest BCUT2D eigenvalue weighted by molar-refractivity contribution is 7.89. The van der Waals surface area contributed by atoms with Crippen molar-refractivity contribution in [2.75, 3.05) is 36.8 Å². The van der Waals surface area contributed by atoms with E-state index in [1.807, 2.05) is 0 Å². The van der Waals surface area contributed by atoms with Crippen LogP contribution in [0.15, 0.2) is 53.6 Å². The van der Waals surface area contributed by atoms with Gasteiger partial charge < -0.3 is 15.5 Å². The largest absolute Gasteiger partial charge is 0.339 e. The van der Waals surface area contributed by atoms with Crippen molar-refractivity contribution in [2.45, 2.75) is 62.3 Å². The summed E-state index contributed by atoms with van der Waals surface area (Å²) in [5, 5.41) is 6.86. The Morgan fingerprint density at radius 3 is 2.36 bits per heavy atom. The summed E-state index contributed by atoms with van der Waals surface area (Å²) in [5.74, 6) is 0.833. The number of aryl methyl sites for hydroxylation is 2. The molecule has 2 N–H and O–H groups in total. The Morgan fingerprint density at radius 1 is 0.846 bits per heavy atom. The number of benzene rings is 2. The van der Waals surface area contributed by atoms with Crippen molar-refractivity contribution < 1.29 is 8.42 Å². The van der Waals surface area contributed by atoms with E-state index in [2.05, 4.69) is 43.7 Å². The van der Waals surface area contributed by atoms with Crippen LogP contribution in [0, 0.1) is 0 Å². The van der Waals surface area contributed by atoms with Gasteiger partial charge in [0, 0.05) is 30.5 Å². The minimum Gasteiger partial charge on any atom is -0.339 e. The smallest absolute Gasteiger partial charge is 0.243 e. The first-order chi connectivity index (χ1) is 19.0. The number of hydrogen-bond donors (Lipinski definition) is 2. The van der Waals surface area contributed by atoms with Crippen LogP contribution in [-0.4, -0.2) is 59.8 Å². The Morgan fingerprint density at radius 2 is 1.56 bits per heavy atom. The van der Waals surface area contributed by atoms with E-state index in [0.717, 1.165) is 31.4 Å². The Labute approximate surface area is 235 Å². The number of halogens is 1. The van der Waals surface area contributed by atoms with E-state index in [0.29, 0.717) is 41.6 Å². The molecule has 3 aromatic rings. The molecule has 1 atom stereocenters. The second-order valence-corrected chi connectivity index (χ2v) is 13.1. The van der Waals surface area contributed by atoms with Crippen molar-refractivity contribution in [1.29, 1.82) is 0 Å². The molecule has 3 aliphatic rings.